The molecule has 0 aliphatic rings. The van der Waals surface area contributed by atoms with Crippen molar-refractivity contribution in [1.82, 2.24) is 19.8 Å². The molecule has 27 heavy (non-hydrogen) atoms. The number of hydrogen-bond donors (Lipinski definition) is 0. The standard InChI is InChI=1S/C21H12Cl2N4/c22-15-8-4-7-14(11-15)20-24-25-21-17-10-9-16(23)12-18(17)19(26-27(20)21)13-5-2-1-3-6-13/h1-12H. The zero-order valence-corrected chi connectivity index (χ0v) is 15.5. The first-order valence-corrected chi connectivity index (χ1v) is 9.12. The molecule has 5 aromatic rings. The predicted octanol–water partition coefficient (Wildman–Crippen LogP) is 5.92. The lowest BCUT2D eigenvalue weighted by molar-refractivity contribution is 0.951. The fourth-order valence-corrected chi connectivity index (χ4v) is 3.58. The molecule has 0 unspecified atom stereocenters. The van der Waals surface area contributed by atoms with E-state index in [-0.39, 0.29) is 0 Å². The zero-order valence-electron chi connectivity index (χ0n) is 14.0. The predicted molar refractivity (Wildman–Crippen MR) is 109 cm³/mol. The van der Waals surface area contributed by atoms with Crippen LogP contribution in [0.5, 0.6) is 0 Å². The Kier molecular flexibility index (Phi) is 3.81. The van der Waals surface area contributed by atoms with Crippen LogP contribution in [0.3, 0.4) is 0 Å². The summed E-state index contributed by atoms with van der Waals surface area (Å²) in [6.07, 6.45) is 0. The summed E-state index contributed by atoms with van der Waals surface area (Å²) >= 11 is 12.4. The first kappa shape index (κ1) is 16.2. The van der Waals surface area contributed by atoms with Crippen molar-refractivity contribution in [3.8, 4) is 22.6 Å². The summed E-state index contributed by atoms with van der Waals surface area (Å²) < 4.78 is 1.77. The Morgan fingerprint density at radius 2 is 1.44 bits per heavy atom. The Bertz CT molecular complexity index is 1300. The molecule has 6 heteroatoms. The molecule has 0 spiro atoms. The Hall–Kier alpha value is -2.95. The molecule has 0 atom stereocenters. The maximum absolute atomic E-state index is 6.26. The SMILES string of the molecule is Clc1cccc(-c2nnc3c4ccc(Cl)cc4c(-c4ccccc4)nn23)c1. The van der Waals surface area contributed by atoms with Crippen molar-refractivity contribution in [2.75, 3.05) is 0 Å². The number of aromatic nitrogens is 4. The molecule has 0 saturated carbocycles. The molecule has 5 rings (SSSR count). The van der Waals surface area contributed by atoms with Crippen molar-refractivity contribution in [3.05, 3.63) is 82.8 Å². The van der Waals surface area contributed by atoms with Gasteiger partial charge in [-0.3, -0.25) is 0 Å². The van der Waals surface area contributed by atoms with Crippen molar-refractivity contribution >= 4 is 39.6 Å². The summed E-state index contributed by atoms with van der Waals surface area (Å²) in [6.45, 7) is 0. The summed E-state index contributed by atoms with van der Waals surface area (Å²) in [5.74, 6) is 0.640. The Labute approximate surface area is 165 Å². The van der Waals surface area contributed by atoms with Crippen LogP contribution < -0.4 is 0 Å². The third-order valence-corrected chi connectivity index (χ3v) is 4.92. The molecule has 0 radical (unpaired) electrons. The summed E-state index contributed by atoms with van der Waals surface area (Å²) in [7, 11) is 0. The molecule has 130 valence electrons. The number of fused-ring (bicyclic) bond motifs is 3. The topological polar surface area (TPSA) is 43.1 Å². The average molecular weight is 391 g/mol. The molecule has 0 aliphatic carbocycles. The van der Waals surface area contributed by atoms with Gasteiger partial charge in [0.05, 0.1) is 5.69 Å². The minimum atomic E-state index is 0.639. The third-order valence-electron chi connectivity index (χ3n) is 4.45. The van der Waals surface area contributed by atoms with E-state index in [2.05, 4.69) is 10.2 Å². The Morgan fingerprint density at radius 1 is 0.667 bits per heavy atom. The normalized spacial score (nSPS) is 11.3. The van der Waals surface area contributed by atoms with Crippen LogP contribution in [0.25, 0.3) is 39.1 Å². The van der Waals surface area contributed by atoms with E-state index in [1.807, 2.05) is 72.8 Å². The van der Waals surface area contributed by atoms with Crippen LogP contribution >= 0.6 is 23.2 Å². The largest absolute Gasteiger partial charge is 0.192 e. The van der Waals surface area contributed by atoms with Crippen LogP contribution in [-0.2, 0) is 0 Å². The fraction of sp³-hybridized carbons (Fsp3) is 0. The molecule has 0 aliphatic heterocycles. The van der Waals surface area contributed by atoms with Crippen molar-refractivity contribution in [3.63, 3.8) is 0 Å². The summed E-state index contributed by atoms with van der Waals surface area (Å²) in [4.78, 5) is 0. The van der Waals surface area contributed by atoms with Gasteiger partial charge in [0.2, 0.25) is 0 Å². The van der Waals surface area contributed by atoms with E-state index >= 15 is 0 Å². The van der Waals surface area contributed by atoms with E-state index in [4.69, 9.17) is 28.3 Å². The summed E-state index contributed by atoms with van der Waals surface area (Å²) in [5.41, 5.74) is 3.35. The maximum Gasteiger partial charge on any atom is 0.186 e. The highest BCUT2D eigenvalue weighted by Gasteiger charge is 2.17. The molecule has 4 nitrogen and oxygen atoms in total. The minimum Gasteiger partial charge on any atom is -0.192 e. The van der Waals surface area contributed by atoms with Gasteiger partial charge in [0.15, 0.2) is 11.5 Å². The van der Waals surface area contributed by atoms with E-state index < -0.39 is 0 Å². The monoisotopic (exact) mass is 390 g/mol. The molecule has 0 N–H and O–H groups in total. The maximum atomic E-state index is 6.26. The second-order valence-electron chi connectivity index (χ2n) is 6.17. The summed E-state index contributed by atoms with van der Waals surface area (Å²) in [5, 5.41) is 16.8. The van der Waals surface area contributed by atoms with E-state index in [1.54, 1.807) is 4.52 Å². The number of rotatable bonds is 2. The molecule has 0 amide bonds. The van der Waals surface area contributed by atoms with Gasteiger partial charge >= 0.3 is 0 Å². The molecular weight excluding hydrogens is 379 g/mol. The van der Waals surface area contributed by atoms with Gasteiger partial charge in [0.25, 0.3) is 0 Å². The molecular formula is C21H12Cl2N4. The van der Waals surface area contributed by atoms with Crippen molar-refractivity contribution in [2.45, 2.75) is 0 Å². The first-order valence-electron chi connectivity index (χ1n) is 8.37. The highest BCUT2D eigenvalue weighted by Crippen LogP contribution is 2.32. The number of hydrogen-bond acceptors (Lipinski definition) is 3. The van der Waals surface area contributed by atoms with Crippen LogP contribution in [0.15, 0.2) is 72.8 Å². The lowest BCUT2D eigenvalue weighted by atomic mass is 10.0. The number of nitrogens with zero attached hydrogens (tertiary/aromatic N) is 4. The van der Waals surface area contributed by atoms with E-state index in [0.717, 1.165) is 27.6 Å². The van der Waals surface area contributed by atoms with Crippen LogP contribution in [0.4, 0.5) is 0 Å². The van der Waals surface area contributed by atoms with Gasteiger partial charge in [0.1, 0.15) is 0 Å². The van der Waals surface area contributed by atoms with Gasteiger partial charge in [-0.1, -0.05) is 65.7 Å². The molecule has 0 saturated heterocycles. The minimum absolute atomic E-state index is 0.639. The van der Waals surface area contributed by atoms with Crippen LogP contribution in [0, 0.1) is 0 Å². The summed E-state index contributed by atoms with van der Waals surface area (Å²) in [6, 6.07) is 23.2. The van der Waals surface area contributed by atoms with Gasteiger partial charge in [-0.05, 0) is 30.3 Å². The van der Waals surface area contributed by atoms with Gasteiger partial charge in [-0.15, -0.1) is 10.2 Å². The molecule has 0 bridgehead atoms. The average Bonchev–Trinajstić information content (AvgIpc) is 3.12. The van der Waals surface area contributed by atoms with Gasteiger partial charge in [0, 0.05) is 31.9 Å². The number of halogens is 2. The highest BCUT2D eigenvalue weighted by atomic mass is 35.5. The van der Waals surface area contributed by atoms with E-state index in [0.29, 0.717) is 21.5 Å². The van der Waals surface area contributed by atoms with Crippen LogP contribution in [0.1, 0.15) is 0 Å². The molecule has 3 aromatic carbocycles. The second kappa shape index (κ2) is 6.34. The lowest BCUT2D eigenvalue weighted by Gasteiger charge is -2.09. The molecule has 2 heterocycles. The smallest absolute Gasteiger partial charge is 0.186 e. The van der Waals surface area contributed by atoms with Gasteiger partial charge in [-0.25, -0.2) is 0 Å². The van der Waals surface area contributed by atoms with Crippen molar-refractivity contribution in [1.29, 1.82) is 0 Å². The van der Waals surface area contributed by atoms with E-state index in [1.165, 1.54) is 0 Å². The lowest BCUT2D eigenvalue weighted by Crippen LogP contribution is -1.99. The van der Waals surface area contributed by atoms with E-state index in [9.17, 15) is 0 Å². The second-order valence-corrected chi connectivity index (χ2v) is 7.05. The third kappa shape index (κ3) is 2.74. The Balaban J connectivity index is 1.89. The van der Waals surface area contributed by atoms with Gasteiger partial charge in [-0.2, -0.15) is 9.61 Å². The van der Waals surface area contributed by atoms with Crippen LogP contribution in [0.2, 0.25) is 10.0 Å². The quantitative estimate of drug-likeness (QED) is 0.375. The zero-order chi connectivity index (χ0) is 18.4. The fourth-order valence-electron chi connectivity index (χ4n) is 3.22. The van der Waals surface area contributed by atoms with Crippen molar-refractivity contribution < 1.29 is 0 Å². The van der Waals surface area contributed by atoms with Crippen LogP contribution in [-0.4, -0.2) is 19.8 Å². The van der Waals surface area contributed by atoms with Gasteiger partial charge < -0.3 is 0 Å². The Morgan fingerprint density at radius 3 is 2.26 bits per heavy atom. The van der Waals surface area contributed by atoms with Crippen molar-refractivity contribution in [2.24, 2.45) is 0 Å². The first-order chi connectivity index (χ1) is 13.2. The highest BCUT2D eigenvalue weighted by molar-refractivity contribution is 6.31. The molecule has 2 aromatic heterocycles. The molecule has 0 fully saturated rings. The number of benzene rings is 3.